The summed E-state index contributed by atoms with van der Waals surface area (Å²) in [4.78, 5) is 4.69. The lowest BCUT2D eigenvalue weighted by Gasteiger charge is -2.44. The molecular formula is C18H23N5O. The van der Waals surface area contributed by atoms with Gasteiger partial charge < -0.3 is 9.42 Å². The molecule has 3 aliphatic rings. The third-order valence-electron chi connectivity index (χ3n) is 5.58. The lowest BCUT2D eigenvalue weighted by molar-refractivity contribution is 0.191. The molecule has 126 valence electrons. The number of aromatic nitrogens is 3. The van der Waals surface area contributed by atoms with Crippen LogP contribution in [0, 0.1) is 0 Å². The molecule has 3 heterocycles. The van der Waals surface area contributed by atoms with Gasteiger partial charge in [-0.05, 0) is 50.8 Å². The van der Waals surface area contributed by atoms with Crippen molar-refractivity contribution in [2.24, 2.45) is 0 Å². The van der Waals surface area contributed by atoms with Crippen molar-refractivity contribution in [3.05, 3.63) is 34.8 Å². The van der Waals surface area contributed by atoms with Gasteiger partial charge >= 0.3 is 0 Å². The number of fused-ring (bicyclic) bond motifs is 1. The zero-order chi connectivity index (χ0) is 16.1. The Morgan fingerprint density at radius 3 is 2.92 bits per heavy atom. The van der Waals surface area contributed by atoms with E-state index < -0.39 is 0 Å². The molecule has 0 bridgehead atoms. The molecule has 2 aliphatic carbocycles. The van der Waals surface area contributed by atoms with Gasteiger partial charge in [-0.1, -0.05) is 5.16 Å². The molecule has 1 aliphatic heterocycles. The van der Waals surface area contributed by atoms with Crippen LogP contribution in [-0.4, -0.2) is 46.4 Å². The van der Waals surface area contributed by atoms with Gasteiger partial charge in [-0.2, -0.15) is 5.10 Å². The van der Waals surface area contributed by atoms with E-state index in [1.807, 2.05) is 0 Å². The van der Waals surface area contributed by atoms with Gasteiger partial charge in [0.2, 0.25) is 0 Å². The third kappa shape index (κ3) is 2.59. The van der Waals surface area contributed by atoms with E-state index in [0.29, 0.717) is 12.0 Å². The Balaban J connectivity index is 1.18. The number of aryl methyl sites for hydroxylation is 2. The van der Waals surface area contributed by atoms with E-state index in [0.717, 1.165) is 49.7 Å². The zero-order valence-corrected chi connectivity index (χ0v) is 14.1. The molecule has 0 N–H and O–H groups in total. The quantitative estimate of drug-likeness (QED) is 0.839. The molecule has 24 heavy (non-hydrogen) atoms. The van der Waals surface area contributed by atoms with Crippen molar-refractivity contribution in [3.63, 3.8) is 0 Å². The maximum atomic E-state index is 5.45. The molecule has 2 fully saturated rings. The monoisotopic (exact) mass is 325 g/mol. The largest absolute Gasteiger partial charge is 0.361 e. The molecule has 1 saturated heterocycles. The summed E-state index contributed by atoms with van der Waals surface area (Å²) >= 11 is 0. The fourth-order valence-corrected chi connectivity index (χ4v) is 3.74. The number of hydrogen-bond acceptors (Lipinski definition) is 6. The summed E-state index contributed by atoms with van der Waals surface area (Å²) in [5.74, 6) is 2.74. The van der Waals surface area contributed by atoms with Gasteiger partial charge in [0.1, 0.15) is 5.76 Å². The molecule has 1 saturated carbocycles. The summed E-state index contributed by atoms with van der Waals surface area (Å²) in [7, 11) is 2.17. The average Bonchev–Trinajstić information content (AvgIpc) is 3.09. The summed E-state index contributed by atoms with van der Waals surface area (Å²) in [6.45, 7) is 2.87. The van der Waals surface area contributed by atoms with Crippen molar-refractivity contribution in [1.29, 1.82) is 0 Å². The first kappa shape index (κ1) is 14.4. The maximum Gasteiger partial charge on any atom is 0.151 e. The summed E-state index contributed by atoms with van der Waals surface area (Å²) in [6, 6.07) is 4.92. The number of likely N-dealkylation sites (N-methyl/N-ethyl adjacent to an activating group) is 1. The Kier molecular flexibility index (Phi) is 3.33. The van der Waals surface area contributed by atoms with Crippen LogP contribution >= 0.6 is 0 Å². The SMILES string of the molecule is CN(Cc1cc(C2CC2)on1)C1CN(c2cc3c(nn2)CCC3)C1. The highest BCUT2D eigenvalue weighted by atomic mass is 16.5. The molecule has 0 spiro atoms. The van der Waals surface area contributed by atoms with Crippen LogP contribution in [0.2, 0.25) is 0 Å². The van der Waals surface area contributed by atoms with Gasteiger partial charge in [0.15, 0.2) is 5.82 Å². The fraction of sp³-hybridized carbons (Fsp3) is 0.611. The minimum Gasteiger partial charge on any atom is -0.361 e. The highest BCUT2D eigenvalue weighted by Gasteiger charge is 2.33. The van der Waals surface area contributed by atoms with Crippen LogP contribution in [0.1, 0.15) is 47.9 Å². The minimum absolute atomic E-state index is 0.543. The first-order valence-corrected chi connectivity index (χ1v) is 9.02. The normalized spacial score (nSPS) is 20.5. The fourth-order valence-electron chi connectivity index (χ4n) is 3.74. The van der Waals surface area contributed by atoms with E-state index in [4.69, 9.17) is 4.52 Å². The smallest absolute Gasteiger partial charge is 0.151 e. The summed E-state index contributed by atoms with van der Waals surface area (Å²) in [5.41, 5.74) is 3.65. The Morgan fingerprint density at radius 1 is 1.21 bits per heavy atom. The van der Waals surface area contributed by atoms with Gasteiger partial charge in [0.05, 0.1) is 11.4 Å². The van der Waals surface area contributed by atoms with E-state index in [1.54, 1.807) is 0 Å². The van der Waals surface area contributed by atoms with Crippen molar-refractivity contribution in [2.75, 3.05) is 25.0 Å². The Morgan fingerprint density at radius 2 is 2.08 bits per heavy atom. The predicted octanol–water partition coefficient (Wildman–Crippen LogP) is 2.15. The summed E-state index contributed by atoms with van der Waals surface area (Å²) < 4.78 is 5.45. The molecular weight excluding hydrogens is 302 g/mol. The molecule has 6 heteroatoms. The number of nitrogens with zero attached hydrogens (tertiary/aromatic N) is 5. The zero-order valence-electron chi connectivity index (χ0n) is 14.1. The predicted molar refractivity (Wildman–Crippen MR) is 90.0 cm³/mol. The minimum atomic E-state index is 0.543. The van der Waals surface area contributed by atoms with E-state index in [-0.39, 0.29) is 0 Å². The third-order valence-corrected chi connectivity index (χ3v) is 5.58. The Labute approximate surface area is 141 Å². The van der Waals surface area contributed by atoms with Crippen molar-refractivity contribution < 1.29 is 4.52 Å². The molecule has 6 nitrogen and oxygen atoms in total. The van der Waals surface area contributed by atoms with E-state index in [2.05, 4.69) is 44.3 Å². The first-order chi connectivity index (χ1) is 11.8. The van der Waals surface area contributed by atoms with Gasteiger partial charge in [0, 0.05) is 37.7 Å². The first-order valence-electron chi connectivity index (χ1n) is 9.02. The average molecular weight is 325 g/mol. The van der Waals surface area contributed by atoms with E-state index in [9.17, 15) is 0 Å². The second kappa shape index (κ2) is 5.55. The van der Waals surface area contributed by atoms with Crippen LogP contribution in [-0.2, 0) is 19.4 Å². The topological polar surface area (TPSA) is 58.3 Å². The molecule has 0 unspecified atom stereocenters. The van der Waals surface area contributed by atoms with Gasteiger partial charge in [-0.3, -0.25) is 4.90 Å². The van der Waals surface area contributed by atoms with Crippen molar-refractivity contribution in [3.8, 4) is 0 Å². The van der Waals surface area contributed by atoms with Crippen LogP contribution in [0.15, 0.2) is 16.7 Å². The second-order valence-electron chi connectivity index (χ2n) is 7.50. The maximum absolute atomic E-state index is 5.45. The van der Waals surface area contributed by atoms with Crippen molar-refractivity contribution in [1.82, 2.24) is 20.3 Å². The van der Waals surface area contributed by atoms with Gasteiger partial charge in [-0.25, -0.2) is 0 Å². The molecule has 2 aromatic rings. The van der Waals surface area contributed by atoms with Gasteiger partial charge in [-0.15, -0.1) is 5.10 Å². The molecule has 0 amide bonds. The second-order valence-corrected chi connectivity index (χ2v) is 7.50. The van der Waals surface area contributed by atoms with Crippen LogP contribution < -0.4 is 4.90 Å². The van der Waals surface area contributed by atoms with Crippen molar-refractivity contribution >= 4 is 5.82 Å². The lowest BCUT2D eigenvalue weighted by Crippen LogP contribution is -2.58. The number of rotatable bonds is 5. The lowest BCUT2D eigenvalue weighted by atomic mass is 10.1. The Hall–Kier alpha value is -1.95. The van der Waals surface area contributed by atoms with Crippen LogP contribution in [0.5, 0.6) is 0 Å². The number of anilines is 1. The van der Waals surface area contributed by atoms with Crippen LogP contribution in [0.3, 0.4) is 0 Å². The van der Waals surface area contributed by atoms with Crippen LogP contribution in [0.4, 0.5) is 5.82 Å². The summed E-state index contributed by atoms with van der Waals surface area (Å²) in [6.07, 6.45) is 5.98. The molecule has 0 radical (unpaired) electrons. The Bertz CT molecular complexity index is 748. The molecule has 2 aromatic heterocycles. The van der Waals surface area contributed by atoms with Gasteiger partial charge in [0.25, 0.3) is 0 Å². The number of hydrogen-bond donors (Lipinski definition) is 0. The molecule has 5 rings (SSSR count). The van der Waals surface area contributed by atoms with E-state index >= 15 is 0 Å². The molecule has 0 aromatic carbocycles. The highest BCUT2D eigenvalue weighted by Crippen LogP contribution is 2.40. The molecule has 0 atom stereocenters. The van der Waals surface area contributed by atoms with Crippen molar-refractivity contribution in [2.45, 2.75) is 50.6 Å². The highest BCUT2D eigenvalue weighted by molar-refractivity contribution is 5.45. The standard InChI is InChI=1S/C18H23N5O/c1-22(9-14-8-17(24-21-14)12-5-6-12)15-10-23(11-15)18-7-13-3-2-4-16(13)19-20-18/h7-8,12,15H,2-6,9-11H2,1H3. The van der Waals surface area contributed by atoms with E-state index in [1.165, 1.54) is 30.5 Å². The summed E-state index contributed by atoms with van der Waals surface area (Å²) in [5, 5.41) is 13.0. The van der Waals surface area contributed by atoms with Crippen LogP contribution in [0.25, 0.3) is 0 Å².